The highest BCUT2D eigenvalue weighted by Gasteiger charge is 2.62. The van der Waals surface area contributed by atoms with Crippen molar-refractivity contribution in [2.45, 2.75) is 46.1 Å². The van der Waals surface area contributed by atoms with E-state index in [1.807, 2.05) is 14.1 Å². The van der Waals surface area contributed by atoms with Crippen LogP contribution < -0.4 is 4.90 Å². The number of ether oxygens (including phenoxy) is 1. The second kappa shape index (κ2) is 3.98. The topological polar surface area (TPSA) is 30.7 Å². The van der Waals surface area contributed by atoms with E-state index in [0.29, 0.717) is 12.0 Å². The molecular formula is C14H26NO2+. The molecule has 0 spiro atoms. The summed E-state index contributed by atoms with van der Waals surface area (Å²) in [6, 6.07) is 0. The fourth-order valence-corrected chi connectivity index (χ4v) is 3.80. The van der Waals surface area contributed by atoms with E-state index in [1.165, 1.54) is 12.8 Å². The second-order valence-electron chi connectivity index (χ2n) is 6.97. The van der Waals surface area contributed by atoms with E-state index in [1.54, 1.807) is 0 Å². The van der Waals surface area contributed by atoms with Crippen LogP contribution >= 0.6 is 0 Å². The molecule has 2 aliphatic rings. The van der Waals surface area contributed by atoms with E-state index in [-0.39, 0.29) is 17.5 Å². The third kappa shape index (κ3) is 1.88. The van der Waals surface area contributed by atoms with Gasteiger partial charge in [-0.3, -0.25) is 0 Å². The third-order valence-corrected chi connectivity index (χ3v) is 5.49. The van der Waals surface area contributed by atoms with Gasteiger partial charge in [-0.15, -0.1) is 0 Å². The molecule has 2 saturated carbocycles. The Labute approximate surface area is 105 Å². The first-order valence-electron chi connectivity index (χ1n) is 6.76. The van der Waals surface area contributed by atoms with Crippen molar-refractivity contribution in [1.29, 1.82) is 0 Å². The predicted molar refractivity (Wildman–Crippen MR) is 66.8 cm³/mol. The molecule has 0 aromatic heterocycles. The highest BCUT2D eigenvalue weighted by molar-refractivity contribution is 5.70. The lowest BCUT2D eigenvalue weighted by atomic mass is 9.70. The van der Waals surface area contributed by atoms with Crippen molar-refractivity contribution in [2.75, 3.05) is 20.6 Å². The minimum absolute atomic E-state index is 0.0421. The Morgan fingerprint density at radius 3 is 2.41 bits per heavy atom. The molecule has 1 N–H and O–H groups in total. The molecule has 98 valence electrons. The molecule has 17 heavy (non-hydrogen) atoms. The Kier molecular flexibility index (Phi) is 3.01. The number of quaternary nitrogens is 1. The summed E-state index contributed by atoms with van der Waals surface area (Å²) in [6.07, 6.45) is 3.72. The molecule has 2 bridgehead atoms. The van der Waals surface area contributed by atoms with Crippen LogP contribution in [0.2, 0.25) is 0 Å². The first-order chi connectivity index (χ1) is 7.77. The summed E-state index contributed by atoms with van der Waals surface area (Å²) >= 11 is 0. The van der Waals surface area contributed by atoms with Gasteiger partial charge in [0.1, 0.15) is 6.10 Å². The van der Waals surface area contributed by atoms with Crippen LogP contribution in [-0.4, -0.2) is 32.7 Å². The Morgan fingerprint density at radius 1 is 1.35 bits per heavy atom. The molecule has 0 unspecified atom stereocenters. The van der Waals surface area contributed by atoms with Gasteiger partial charge < -0.3 is 9.64 Å². The maximum Gasteiger partial charge on any atom is 0.361 e. The fourth-order valence-electron chi connectivity index (χ4n) is 3.80. The molecule has 3 heteroatoms. The zero-order valence-electron chi connectivity index (χ0n) is 11.8. The molecule has 3 nitrogen and oxygen atoms in total. The van der Waals surface area contributed by atoms with Gasteiger partial charge in [-0.2, -0.15) is 0 Å². The average molecular weight is 240 g/mol. The van der Waals surface area contributed by atoms with Crippen LogP contribution in [0.15, 0.2) is 0 Å². The van der Waals surface area contributed by atoms with Crippen molar-refractivity contribution < 1.29 is 14.4 Å². The van der Waals surface area contributed by atoms with E-state index in [4.69, 9.17) is 4.74 Å². The quantitative estimate of drug-likeness (QED) is 0.743. The number of carbonyl (C=O) groups is 1. The number of hydrogen-bond acceptors (Lipinski definition) is 2. The van der Waals surface area contributed by atoms with Gasteiger partial charge in [0, 0.05) is 5.41 Å². The van der Waals surface area contributed by atoms with Gasteiger partial charge >= 0.3 is 5.97 Å². The number of hydrogen-bond donors (Lipinski definition) is 1. The molecule has 0 aromatic carbocycles. The molecule has 3 atom stereocenters. The molecule has 2 rings (SSSR count). The number of esters is 1. The Morgan fingerprint density at radius 2 is 2.00 bits per heavy atom. The Hall–Kier alpha value is -0.570. The third-order valence-electron chi connectivity index (χ3n) is 5.49. The fraction of sp³-hybridized carbons (Fsp3) is 0.929. The maximum atomic E-state index is 11.8. The molecule has 0 aliphatic heterocycles. The lowest BCUT2D eigenvalue weighted by Gasteiger charge is -2.38. The van der Waals surface area contributed by atoms with Crippen molar-refractivity contribution >= 4 is 5.97 Å². The summed E-state index contributed by atoms with van der Waals surface area (Å²) in [7, 11) is 3.96. The zero-order chi connectivity index (χ0) is 12.8. The van der Waals surface area contributed by atoms with Crippen LogP contribution in [-0.2, 0) is 9.53 Å². The maximum absolute atomic E-state index is 11.8. The standard InChI is InChI=1S/C14H25NO2/c1-13(2)10-6-7-14(13,3)11(8-10)17-12(16)9-15(4)5/h10-11H,6-9H2,1-5H3/p+1/t10-,11-,14-/m1/s1. The van der Waals surface area contributed by atoms with Crippen molar-refractivity contribution in [1.82, 2.24) is 0 Å². The largest absolute Gasteiger partial charge is 0.458 e. The number of likely N-dealkylation sites (N-methyl/N-ethyl adjacent to an activating group) is 1. The average Bonchev–Trinajstić information content (AvgIpc) is 2.49. The van der Waals surface area contributed by atoms with Crippen molar-refractivity contribution in [3.63, 3.8) is 0 Å². The van der Waals surface area contributed by atoms with Crippen LogP contribution in [0.5, 0.6) is 0 Å². The first kappa shape index (κ1) is 12.9. The van der Waals surface area contributed by atoms with Gasteiger partial charge in [-0.1, -0.05) is 20.8 Å². The zero-order valence-corrected chi connectivity index (χ0v) is 11.8. The molecule has 0 radical (unpaired) electrons. The van der Waals surface area contributed by atoms with E-state index < -0.39 is 0 Å². The van der Waals surface area contributed by atoms with Gasteiger partial charge in [0.2, 0.25) is 0 Å². The lowest BCUT2D eigenvalue weighted by molar-refractivity contribution is -0.850. The summed E-state index contributed by atoms with van der Waals surface area (Å²) < 4.78 is 5.73. The summed E-state index contributed by atoms with van der Waals surface area (Å²) in [4.78, 5) is 12.9. The summed E-state index contributed by atoms with van der Waals surface area (Å²) in [5.74, 6) is 0.691. The van der Waals surface area contributed by atoms with Gasteiger partial charge in [0.05, 0.1) is 14.1 Å². The number of rotatable bonds is 3. The van der Waals surface area contributed by atoms with Crippen LogP contribution in [0.25, 0.3) is 0 Å². The van der Waals surface area contributed by atoms with Crippen LogP contribution in [0.1, 0.15) is 40.0 Å². The summed E-state index contributed by atoms with van der Waals surface area (Å²) in [5.41, 5.74) is 0.512. The molecule has 0 saturated heterocycles. The molecule has 2 fully saturated rings. The predicted octanol–water partition coefficient (Wildman–Crippen LogP) is 0.889. The number of nitrogens with one attached hydrogen (secondary N) is 1. The molecule has 0 amide bonds. The number of fused-ring (bicyclic) bond motifs is 2. The van der Waals surface area contributed by atoms with Crippen LogP contribution in [0.4, 0.5) is 0 Å². The first-order valence-corrected chi connectivity index (χ1v) is 6.76. The highest BCUT2D eigenvalue weighted by Crippen LogP contribution is 2.66. The number of carbonyl (C=O) groups excluding carboxylic acids is 1. The SMILES string of the molecule is C[NH+](C)CC(=O)O[C@@H]1C[C@H]2CC[C@@]1(C)C2(C)C. The molecular weight excluding hydrogens is 214 g/mol. The monoisotopic (exact) mass is 240 g/mol. The smallest absolute Gasteiger partial charge is 0.361 e. The molecule has 0 aromatic rings. The minimum atomic E-state index is -0.0421. The van der Waals surface area contributed by atoms with Gasteiger partial charge in [-0.25, -0.2) is 4.79 Å². The minimum Gasteiger partial charge on any atom is -0.458 e. The van der Waals surface area contributed by atoms with Gasteiger partial charge in [0.15, 0.2) is 6.54 Å². The molecule has 0 heterocycles. The second-order valence-corrected chi connectivity index (χ2v) is 6.97. The summed E-state index contributed by atoms with van der Waals surface area (Å²) in [5, 5.41) is 0. The van der Waals surface area contributed by atoms with Crippen LogP contribution in [0.3, 0.4) is 0 Å². The van der Waals surface area contributed by atoms with Gasteiger partial charge in [0.25, 0.3) is 0 Å². The molecule has 2 aliphatic carbocycles. The van der Waals surface area contributed by atoms with Crippen molar-refractivity contribution in [3.8, 4) is 0 Å². The van der Waals surface area contributed by atoms with Crippen molar-refractivity contribution in [2.24, 2.45) is 16.7 Å². The Balaban J connectivity index is 2.03. The van der Waals surface area contributed by atoms with E-state index in [2.05, 4.69) is 20.8 Å². The highest BCUT2D eigenvalue weighted by atomic mass is 16.5. The Bertz CT molecular complexity index is 324. The normalized spacial score (nSPS) is 38.7. The van der Waals surface area contributed by atoms with Crippen molar-refractivity contribution in [3.05, 3.63) is 0 Å². The van der Waals surface area contributed by atoms with Gasteiger partial charge in [-0.05, 0) is 30.6 Å². The van der Waals surface area contributed by atoms with Crippen LogP contribution in [0, 0.1) is 16.7 Å². The summed E-state index contributed by atoms with van der Waals surface area (Å²) in [6.45, 7) is 7.46. The van der Waals surface area contributed by atoms with E-state index >= 15 is 0 Å². The van der Waals surface area contributed by atoms with E-state index in [9.17, 15) is 4.79 Å². The van der Waals surface area contributed by atoms with E-state index in [0.717, 1.165) is 17.2 Å². The lowest BCUT2D eigenvalue weighted by Crippen LogP contribution is -3.06.